The first kappa shape index (κ1) is 15.8. The number of aromatic amines is 1. The minimum atomic E-state index is -0.454. The summed E-state index contributed by atoms with van der Waals surface area (Å²) in [5, 5.41) is 0. The maximum absolute atomic E-state index is 11.6. The molecular weight excluding hydrogens is 282 g/mol. The molecule has 0 saturated heterocycles. The van der Waals surface area contributed by atoms with Crippen LogP contribution in [0.2, 0.25) is 0 Å². The molecule has 0 spiro atoms. The highest BCUT2D eigenvalue weighted by Gasteiger charge is 2.10. The fourth-order valence-corrected chi connectivity index (χ4v) is 1.91. The predicted molar refractivity (Wildman–Crippen MR) is 82.1 cm³/mol. The van der Waals surface area contributed by atoms with Gasteiger partial charge in [0.15, 0.2) is 6.61 Å². The molecule has 0 radical (unpaired) electrons. The second kappa shape index (κ2) is 7.45. The first-order valence-corrected chi connectivity index (χ1v) is 7.08. The van der Waals surface area contributed by atoms with Crippen LogP contribution in [0.15, 0.2) is 36.5 Å². The van der Waals surface area contributed by atoms with Crippen molar-refractivity contribution < 1.29 is 19.1 Å². The van der Waals surface area contributed by atoms with Gasteiger partial charge in [-0.05, 0) is 43.2 Å². The van der Waals surface area contributed by atoms with Gasteiger partial charge < -0.3 is 14.5 Å². The summed E-state index contributed by atoms with van der Waals surface area (Å²) in [5.41, 5.74) is 2.54. The molecule has 0 bridgehead atoms. The van der Waals surface area contributed by atoms with E-state index < -0.39 is 5.97 Å². The Hall–Kier alpha value is -2.56. The third kappa shape index (κ3) is 4.48. The maximum atomic E-state index is 11.6. The van der Waals surface area contributed by atoms with Crippen LogP contribution in [-0.2, 0) is 9.53 Å². The lowest BCUT2D eigenvalue weighted by Gasteiger charge is -2.09. The predicted octanol–water partition coefficient (Wildman–Crippen LogP) is 2.83. The smallest absolute Gasteiger partial charge is 0.309 e. The topological polar surface area (TPSA) is 68.4 Å². The fraction of sp³-hybridized carbons (Fsp3) is 0.294. The number of Topliss-reactive ketones (excluding diaryl/α,β-unsaturated/α-hetero) is 1. The van der Waals surface area contributed by atoms with Crippen molar-refractivity contribution in [3.8, 4) is 5.75 Å². The van der Waals surface area contributed by atoms with Gasteiger partial charge in [0.1, 0.15) is 5.75 Å². The van der Waals surface area contributed by atoms with Gasteiger partial charge in [-0.2, -0.15) is 0 Å². The second-order valence-corrected chi connectivity index (χ2v) is 5.04. The first-order chi connectivity index (χ1) is 10.6. The van der Waals surface area contributed by atoms with Crippen LogP contribution in [0, 0.1) is 13.8 Å². The highest BCUT2D eigenvalue weighted by Crippen LogP contribution is 2.19. The monoisotopic (exact) mass is 301 g/mol. The van der Waals surface area contributed by atoms with Crippen molar-refractivity contribution in [2.45, 2.75) is 20.3 Å². The standard InChI is InChI=1S/C17H19NO4/c1-12-5-6-13(2)16(10-12)21-9-7-17(20)22-11-15(19)14-4-3-8-18-14/h3-6,8,10,18H,7,9,11H2,1-2H3. The van der Waals surface area contributed by atoms with Crippen molar-refractivity contribution in [1.29, 1.82) is 0 Å². The van der Waals surface area contributed by atoms with Crippen LogP contribution in [0.25, 0.3) is 0 Å². The number of rotatable bonds is 7. The molecule has 5 nitrogen and oxygen atoms in total. The van der Waals surface area contributed by atoms with Crippen molar-refractivity contribution in [3.63, 3.8) is 0 Å². The number of esters is 1. The molecule has 0 atom stereocenters. The summed E-state index contributed by atoms with van der Waals surface area (Å²) < 4.78 is 10.5. The third-order valence-corrected chi connectivity index (χ3v) is 3.17. The third-order valence-electron chi connectivity index (χ3n) is 3.17. The van der Waals surface area contributed by atoms with Crippen molar-refractivity contribution in [1.82, 2.24) is 4.98 Å². The largest absolute Gasteiger partial charge is 0.493 e. The van der Waals surface area contributed by atoms with Crippen LogP contribution < -0.4 is 4.74 Å². The number of nitrogens with one attached hydrogen (secondary N) is 1. The Balaban J connectivity index is 1.72. The van der Waals surface area contributed by atoms with Gasteiger partial charge in [0.05, 0.1) is 18.7 Å². The van der Waals surface area contributed by atoms with Gasteiger partial charge in [0, 0.05) is 6.20 Å². The molecule has 2 aromatic rings. The Bertz CT molecular complexity index is 647. The van der Waals surface area contributed by atoms with E-state index in [0.29, 0.717) is 5.69 Å². The van der Waals surface area contributed by atoms with Gasteiger partial charge in [0.25, 0.3) is 0 Å². The summed E-state index contributed by atoms with van der Waals surface area (Å²) in [4.78, 5) is 26.0. The van der Waals surface area contributed by atoms with Gasteiger partial charge in [-0.1, -0.05) is 12.1 Å². The van der Waals surface area contributed by atoms with E-state index in [1.165, 1.54) is 0 Å². The number of carbonyl (C=O) groups is 2. The summed E-state index contributed by atoms with van der Waals surface area (Å²) in [6.07, 6.45) is 1.75. The number of carbonyl (C=O) groups excluding carboxylic acids is 2. The molecule has 0 unspecified atom stereocenters. The Morgan fingerprint density at radius 3 is 2.73 bits per heavy atom. The molecule has 1 aromatic carbocycles. The quantitative estimate of drug-likeness (QED) is 0.630. The zero-order valence-electron chi connectivity index (χ0n) is 12.7. The molecule has 1 N–H and O–H groups in total. The molecule has 116 valence electrons. The average molecular weight is 301 g/mol. The summed E-state index contributed by atoms with van der Waals surface area (Å²) in [6, 6.07) is 9.25. The van der Waals surface area contributed by atoms with Crippen LogP contribution in [0.1, 0.15) is 28.0 Å². The van der Waals surface area contributed by atoms with Gasteiger partial charge in [0.2, 0.25) is 5.78 Å². The summed E-state index contributed by atoms with van der Waals surface area (Å²) in [5.74, 6) is 0.0503. The lowest BCUT2D eigenvalue weighted by atomic mass is 10.1. The summed E-state index contributed by atoms with van der Waals surface area (Å²) in [6.45, 7) is 3.89. The number of ketones is 1. The molecule has 0 aliphatic rings. The molecule has 22 heavy (non-hydrogen) atoms. The van der Waals surface area contributed by atoms with E-state index in [-0.39, 0.29) is 25.4 Å². The Morgan fingerprint density at radius 2 is 2.00 bits per heavy atom. The van der Waals surface area contributed by atoms with E-state index in [0.717, 1.165) is 16.9 Å². The SMILES string of the molecule is Cc1ccc(C)c(OCCC(=O)OCC(=O)c2ccc[nH]2)c1. The lowest BCUT2D eigenvalue weighted by molar-refractivity contribution is -0.143. The molecule has 5 heteroatoms. The van der Waals surface area contributed by atoms with E-state index in [9.17, 15) is 9.59 Å². The van der Waals surface area contributed by atoms with Crippen LogP contribution in [-0.4, -0.2) is 30.0 Å². The van der Waals surface area contributed by atoms with E-state index in [4.69, 9.17) is 9.47 Å². The maximum Gasteiger partial charge on any atom is 0.309 e. The zero-order chi connectivity index (χ0) is 15.9. The van der Waals surface area contributed by atoms with Crippen LogP contribution in [0.4, 0.5) is 0 Å². The molecule has 0 aliphatic carbocycles. The Morgan fingerprint density at radius 1 is 1.18 bits per heavy atom. The Labute approximate surface area is 129 Å². The second-order valence-electron chi connectivity index (χ2n) is 5.04. The molecule has 0 fully saturated rings. The van der Waals surface area contributed by atoms with E-state index >= 15 is 0 Å². The molecular formula is C17H19NO4. The number of benzene rings is 1. The van der Waals surface area contributed by atoms with E-state index in [1.54, 1.807) is 18.3 Å². The van der Waals surface area contributed by atoms with Crippen LogP contribution in [0.3, 0.4) is 0 Å². The van der Waals surface area contributed by atoms with Gasteiger partial charge in [-0.25, -0.2) is 0 Å². The minimum absolute atomic E-state index is 0.103. The number of hydrogen-bond donors (Lipinski definition) is 1. The van der Waals surface area contributed by atoms with Crippen molar-refractivity contribution in [2.24, 2.45) is 0 Å². The molecule has 0 aliphatic heterocycles. The van der Waals surface area contributed by atoms with Gasteiger partial charge >= 0.3 is 5.97 Å². The van der Waals surface area contributed by atoms with Crippen molar-refractivity contribution in [2.75, 3.05) is 13.2 Å². The van der Waals surface area contributed by atoms with Gasteiger partial charge in [-0.15, -0.1) is 0 Å². The molecule has 1 aromatic heterocycles. The number of aromatic nitrogens is 1. The normalized spacial score (nSPS) is 10.3. The fourth-order valence-electron chi connectivity index (χ4n) is 1.91. The van der Waals surface area contributed by atoms with Gasteiger partial charge in [-0.3, -0.25) is 9.59 Å². The van der Waals surface area contributed by atoms with Crippen LogP contribution >= 0.6 is 0 Å². The average Bonchev–Trinajstić information content (AvgIpc) is 3.02. The lowest BCUT2D eigenvalue weighted by Crippen LogP contribution is -2.16. The van der Waals surface area contributed by atoms with E-state index in [2.05, 4.69) is 4.98 Å². The van der Waals surface area contributed by atoms with Crippen LogP contribution in [0.5, 0.6) is 5.75 Å². The number of ether oxygens (including phenoxy) is 2. The highest BCUT2D eigenvalue weighted by atomic mass is 16.5. The summed E-state index contributed by atoms with van der Waals surface area (Å²) in [7, 11) is 0. The molecule has 0 saturated carbocycles. The minimum Gasteiger partial charge on any atom is -0.493 e. The van der Waals surface area contributed by atoms with E-state index in [1.807, 2.05) is 32.0 Å². The van der Waals surface area contributed by atoms with Crippen molar-refractivity contribution >= 4 is 11.8 Å². The number of aryl methyl sites for hydroxylation is 2. The molecule has 2 rings (SSSR count). The zero-order valence-corrected chi connectivity index (χ0v) is 12.7. The molecule has 0 amide bonds. The van der Waals surface area contributed by atoms with Crippen molar-refractivity contribution in [3.05, 3.63) is 53.3 Å². The Kier molecular flexibility index (Phi) is 5.36. The molecule has 1 heterocycles. The number of hydrogen-bond acceptors (Lipinski definition) is 4. The highest BCUT2D eigenvalue weighted by molar-refractivity contribution is 5.96. The first-order valence-electron chi connectivity index (χ1n) is 7.08. The summed E-state index contributed by atoms with van der Waals surface area (Å²) >= 11 is 0. The number of H-pyrrole nitrogens is 1.